The molecule has 2 N–H and O–H groups in total. The fourth-order valence-corrected chi connectivity index (χ4v) is 3.23. The minimum Gasteiger partial charge on any atom is -0.394 e. The van der Waals surface area contributed by atoms with Crippen LogP contribution in [-0.2, 0) is 34.0 Å². The zero-order chi connectivity index (χ0) is 21.7. The van der Waals surface area contributed by atoms with Crippen LogP contribution in [0.5, 0.6) is 0 Å². The fourth-order valence-electron chi connectivity index (χ4n) is 3.23. The van der Waals surface area contributed by atoms with Crippen molar-refractivity contribution in [3.05, 3.63) is 108 Å². The van der Waals surface area contributed by atoms with Gasteiger partial charge >= 0.3 is 0 Å². The van der Waals surface area contributed by atoms with Gasteiger partial charge in [-0.1, -0.05) is 91.0 Å². The second kappa shape index (κ2) is 13.0. The lowest BCUT2D eigenvalue weighted by atomic mass is 10.1. The van der Waals surface area contributed by atoms with Gasteiger partial charge in [-0.15, -0.1) is 0 Å². The highest BCUT2D eigenvalue weighted by atomic mass is 16.6. The molecule has 5 heteroatoms. The summed E-state index contributed by atoms with van der Waals surface area (Å²) in [5.74, 6) is 0. The average Bonchev–Trinajstić information content (AvgIpc) is 2.83. The predicted octanol–water partition coefficient (Wildman–Crippen LogP) is 3.73. The van der Waals surface area contributed by atoms with Gasteiger partial charge in [-0.25, -0.2) is 0 Å². The smallest absolute Gasteiger partial charge is 0.114 e. The molecule has 1 unspecified atom stereocenters. The van der Waals surface area contributed by atoms with Crippen LogP contribution in [0.3, 0.4) is 0 Å². The summed E-state index contributed by atoms with van der Waals surface area (Å²) in [6.45, 7) is 0.793. The summed E-state index contributed by atoms with van der Waals surface area (Å²) in [5, 5.41) is 20.8. The maximum Gasteiger partial charge on any atom is 0.114 e. The van der Waals surface area contributed by atoms with E-state index in [1.807, 2.05) is 91.0 Å². The molecule has 0 bridgehead atoms. The molecule has 164 valence electrons. The predicted molar refractivity (Wildman–Crippen MR) is 119 cm³/mol. The Balaban J connectivity index is 1.61. The molecular weight excluding hydrogens is 392 g/mol. The van der Waals surface area contributed by atoms with E-state index in [9.17, 15) is 10.2 Å². The number of aliphatic hydroxyl groups excluding tert-OH is 2. The monoisotopic (exact) mass is 422 g/mol. The van der Waals surface area contributed by atoms with E-state index < -0.39 is 18.3 Å². The average molecular weight is 423 g/mol. The summed E-state index contributed by atoms with van der Waals surface area (Å²) in [5.41, 5.74) is 2.98. The quantitative estimate of drug-likeness (QED) is 0.439. The van der Waals surface area contributed by atoms with Gasteiger partial charge in [0.15, 0.2) is 0 Å². The molecule has 0 heterocycles. The zero-order valence-electron chi connectivity index (χ0n) is 17.5. The van der Waals surface area contributed by atoms with Gasteiger partial charge in [0.25, 0.3) is 0 Å². The van der Waals surface area contributed by atoms with Crippen molar-refractivity contribution in [1.82, 2.24) is 0 Å². The Morgan fingerprint density at radius 2 is 1.06 bits per heavy atom. The number of rotatable bonds is 13. The van der Waals surface area contributed by atoms with E-state index in [2.05, 4.69) is 0 Å². The highest BCUT2D eigenvalue weighted by Crippen LogP contribution is 2.16. The van der Waals surface area contributed by atoms with Gasteiger partial charge in [-0.2, -0.15) is 0 Å². The standard InChI is InChI=1S/C26H30O5/c27-16-25(30-18-22-12-6-2-7-13-22)26(31-19-23-14-8-3-9-15-23)24(28)20-29-17-21-10-4-1-5-11-21/h1-15,24-28H,16-20H2/t24?,25-,26+/m0/s1. The zero-order valence-corrected chi connectivity index (χ0v) is 17.5. The van der Waals surface area contributed by atoms with Crippen LogP contribution in [0.4, 0.5) is 0 Å². The van der Waals surface area contributed by atoms with Gasteiger partial charge in [-0.3, -0.25) is 0 Å². The minimum atomic E-state index is -0.958. The lowest BCUT2D eigenvalue weighted by molar-refractivity contribution is -0.157. The first-order valence-corrected chi connectivity index (χ1v) is 10.5. The number of aliphatic hydroxyl groups is 2. The van der Waals surface area contributed by atoms with Gasteiger partial charge < -0.3 is 24.4 Å². The molecule has 0 aliphatic carbocycles. The molecule has 0 fully saturated rings. The molecule has 0 aromatic heterocycles. The highest BCUT2D eigenvalue weighted by Gasteiger charge is 2.30. The molecule has 0 amide bonds. The van der Waals surface area contributed by atoms with Crippen molar-refractivity contribution in [3.8, 4) is 0 Å². The molecule has 31 heavy (non-hydrogen) atoms. The van der Waals surface area contributed by atoms with Crippen LogP contribution in [0.25, 0.3) is 0 Å². The largest absolute Gasteiger partial charge is 0.394 e. The first-order chi connectivity index (χ1) is 15.3. The first-order valence-electron chi connectivity index (χ1n) is 10.5. The van der Waals surface area contributed by atoms with Crippen LogP contribution < -0.4 is 0 Å². The first kappa shape index (κ1) is 23.1. The van der Waals surface area contributed by atoms with E-state index in [0.717, 1.165) is 16.7 Å². The Kier molecular flexibility index (Phi) is 9.70. The van der Waals surface area contributed by atoms with Gasteiger partial charge in [0, 0.05) is 0 Å². The molecule has 5 nitrogen and oxygen atoms in total. The molecule has 3 atom stereocenters. The van der Waals surface area contributed by atoms with Gasteiger partial charge in [0.05, 0.1) is 33.0 Å². The summed E-state index contributed by atoms with van der Waals surface area (Å²) in [7, 11) is 0. The van der Waals surface area contributed by atoms with Gasteiger partial charge in [0.1, 0.15) is 18.3 Å². The van der Waals surface area contributed by atoms with Crippen LogP contribution >= 0.6 is 0 Å². The molecule has 0 radical (unpaired) electrons. The molecule has 0 saturated heterocycles. The molecule has 0 saturated carbocycles. The van der Waals surface area contributed by atoms with Gasteiger partial charge in [0.2, 0.25) is 0 Å². The Morgan fingerprint density at radius 3 is 1.55 bits per heavy atom. The van der Waals surface area contributed by atoms with Crippen LogP contribution in [0.1, 0.15) is 16.7 Å². The Hall–Kier alpha value is -2.54. The van der Waals surface area contributed by atoms with Crippen molar-refractivity contribution in [1.29, 1.82) is 0 Å². The Morgan fingerprint density at radius 1 is 0.613 bits per heavy atom. The van der Waals surface area contributed by atoms with Crippen molar-refractivity contribution in [2.45, 2.75) is 38.1 Å². The second-order valence-electron chi connectivity index (χ2n) is 7.35. The number of hydrogen-bond donors (Lipinski definition) is 2. The van der Waals surface area contributed by atoms with Crippen molar-refractivity contribution in [3.63, 3.8) is 0 Å². The van der Waals surface area contributed by atoms with Crippen molar-refractivity contribution in [2.24, 2.45) is 0 Å². The van der Waals surface area contributed by atoms with E-state index >= 15 is 0 Å². The molecule has 0 aliphatic rings. The third kappa shape index (κ3) is 7.90. The fraction of sp³-hybridized carbons (Fsp3) is 0.308. The number of ether oxygens (including phenoxy) is 3. The molecule has 0 spiro atoms. The van der Waals surface area contributed by atoms with E-state index in [0.29, 0.717) is 19.8 Å². The summed E-state index contributed by atoms with van der Waals surface area (Å²) in [6, 6.07) is 29.2. The van der Waals surface area contributed by atoms with Crippen LogP contribution in [0.2, 0.25) is 0 Å². The van der Waals surface area contributed by atoms with Crippen LogP contribution in [0, 0.1) is 0 Å². The Bertz CT molecular complexity index is 841. The Labute approximate surface area is 183 Å². The number of benzene rings is 3. The topological polar surface area (TPSA) is 68.2 Å². The lowest BCUT2D eigenvalue weighted by Crippen LogP contribution is -2.45. The van der Waals surface area contributed by atoms with Crippen molar-refractivity contribution in [2.75, 3.05) is 13.2 Å². The SMILES string of the molecule is OC[C@H](OCc1ccccc1)[C@H](OCc1ccccc1)C(O)COCc1ccccc1. The second-order valence-corrected chi connectivity index (χ2v) is 7.35. The highest BCUT2D eigenvalue weighted by molar-refractivity contribution is 5.15. The van der Waals surface area contributed by atoms with E-state index in [4.69, 9.17) is 14.2 Å². The molecule has 3 aromatic rings. The summed E-state index contributed by atoms with van der Waals surface area (Å²) in [4.78, 5) is 0. The van der Waals surface area contributed by atoms with Crippen molar-refractivity contribution < 1.29 is 24.4 Å². The maximum atomic E-state index is 10.8. The molecule has 0 aliphatic heterocycles. The normalized spacial score (nSPS) is 14.1. The summed E-state index contributed by atoms with van der Waals surface area (Å²) >= 11 is 0. The van der Waals surface area contributed by atoms with E-state index in [1.54, 1.807) is 0 Å². The summed E-state index contributed by atoms with van der Waals surface area (Å²) in [6.07, 6.45) is -2.40. The van der Waals surface area contributed by atoms with Crippen molar-refractivity contribution >= 4 is 0 Å². The third-order valence-electron chi connectivity index (χ3n) is 4.92. The lowest BCUT2D eigenvalue weighted by Gasteiger charge is -2.30. The van der Waals surface area contributed by atoms with Gasteiger partial charge in [-0.05, 0) is 16.7 Å². The summed E-state index contributed by atoms with van der Waals surface area (Å²) < 4.78 is 17.6. The number of hydrogen-bond acceptors (Lipinski definition) is 5. The maximum absolute atomic E-state index is 10.8. The third-order valence-corrected chi connectivity index (χ3v) is 4.92. The molecular formula is C26H30O5. The van der Waals surface area contributed by atoms with E-state index in [1.165, 1.54) is 0 Å². The van der Waals surface area contributed by atoms with Crippen LogP contribution in [-0.4, -0.2) is 41.7 Å². The molecule has 3 aromatic carbocycles. The van der Waals surface area contributed by atoms with Crippen LogP contribution in [0.15, 0.2) is 91.0 Å². The molecule has 3 rings (SSSR count). The van der Waals surface area contributed by atoms with E-state index in [-0.39, 0.29) is 13.2 Å². The minimum absolute atomic E-state index is 0.0690.